The highest BCUT2D eigenvalue weighted by Gasteiger charge is 2.05. The van der Waals surface area contributed by atoms with Gasteiger partial charge in [0.2, 0.25) is 0 Å². The van der Waals surface area contributed by atoms with Gasteiger partial charge >= 0.3 is 0 Å². The van der Waals surface area contributed by atoms with E-state index < -0.39 is 0 Å². The third-order valence-corrected chi connectivity index (χ3v) is 3.18. The third-order valence-electron chi connectivity index (χ3n) is 3.18. The Balaban J connectivity index is 2.00. The molecule has 0 aliphatic rings. The lowest BCUT2D eigenvalue weighted by molar-refractivity contribution is 0.415. The van der Waals surface area contributed by atoms with Crippen LogP contribution in [0, 0.1) is 0 Å². The number of fused-ring (bicyclic) bond motifs is 1. The lowest BCUT2D eigenvalue weighted by Gasteiger charge is -2.12. The molecule has 0 fully saturated rings. The number of ether oxygens (including phenoxy) is 1. The zero-order chi connectivity index (χ0) is 13.9. The predicted octanol–water partition coefficient (Wildman–Crippen LogP) is 3.57. The van der Waals surface area contributed by atoms with E-state index in [4.69, 9.17) is 10.5 Å². The number of nitrogen functional groups attached to an aromatic ring is 1. The largest absolute Gasteiger partial charge is 0.497 e. The summed E-state index contributed by atoms with van der Waals surface area (Å²) in [5.74, 6) is 0.802. The maximum absolute atomic E-state index is 6.20. The minimum Gasteiger partial charge on any atom is -0.497 e. The second-order valence-corrected chi connectivity index (χ2v) is 4.45. The zero-order valence-electron chi connectivity index (χ0n) is 11.1. The highest BCUT2D eigenvalue weighted by atomic mass is 16.5. The van der Waals surface area contributed by atoms with Crippen molar-refractivity contribution in [2.24, 2.45) is 0 Å². The Labute approximate surface area is 117 Å². The topological polar surface area (TPSA) is 60.2 Å². The van der Waals surface area contributed by atoms with Crippen LogP contribution in [0.1, 0.15) is 0 Å². The van der Waals surface area contributed by atoms with Crippen LogP contribution < -0.4 is 15.8 Å². The first kappa shape index (κ1) is 12.3. The first-order valence-electron chi connectivity index (χ1n) is 6.32. The maximum Gasteiger partial charge on any atom is 0.120 e. The molecule has 1 aromatic heterocycles. The fourth-order valence-corrected chi connectivity index (χ4v) is 2.14. The summed E-state index contributed by atoms with van der Waals surface area (Å²) >= 11 is 0. The standard InChI is InChI=1S/C16H15N3O/c1-20-12-5-2-4-11(10-12)19-15-8-7-14-13(16(15)17)6-3-9-18-14/h2-10,19H,17H2,1H3. The highest BCUT2D eigenvalue weighted by molar-refractivity contribution is 5.97. The summed E-state index contributed by atoms with van der Waals surface area (Å²) in [4.78, 5) is 4.29. The Bertz CT molecular complexity index is 756. The minimum absolute atomic E-state index is 0.693. The molecule has 0 bridgehead atoms. The molecule has 4 heteroatoms. The molecule has 3 N–H and O–H groups in total. The predicted molar refractivity (Wildman–Crippen MR) is 82.4 cm³/mol. The second-order valence-electron chi connectivity index (χ2n) is 4.45. The molecule has 1 heterocycles. The van der Waals surface area contributed by atoms with Crippen molar-refractivity contribution in [3.63, 3.8) is 0 Å². The average Bonchev–Trinajstić information content (AvgIpc) is 2.50. The number of nitrogens with two attached hydrogens (primary N) is 1. The quantitative estimate of drug-likeness (QED) is 0.711. The van der Waals surface area contributed by atoms with Crippen LogP contribution in [0.3, 0.4) is 0 Å². The van der Waals surface area contributed by atoms with Crippen molar-refractivity contribution in [1.82, 2.24) is 4.98 Å². The first-order chi connectivity index (χ1) is 9.78. The number of anilines is 3. The SMILES string of the molecule is COc1cccc(Nc2ccc3ncccc3c2N)c1. The minimum atomic E-state index is 0.693. The molecule has 0 aliphatic heterocycles. The van der Waals surface area contributed by atoms with Crippen LogP contribution in [0.5, 0.6) is 5.75 Å². The van der Waals surface area contributed by atoms with Gasteiger partial charge in [0.25, 0.3) is 0 Å². The smallest absolute Gasteiger partial charge is 0.120 e. The van der Waals surface area contributed by atoms with E-state index in [-0.39, 0.29) is 0 Å². The van der Waals surface area contributed by atoms with Crippen LogP contribution in [-0.2, 0) is 0 Å². The van der Waals surface area contributed by atoms with Crippen molar-refractivity contribution < 1.29 is 4.74 Å². The Kier molecular flexibility index (Phi) is 3.13. The molecule has 4 nitrogen and oxygen atoms in total. The van der Waals surface area contributed by atoms with Gasteiger partial charge in [0.15, 0.2) is 0 Å². The molecule has 100 valence electrons. The van der Waals surface area contributed by atoms with Gasteiger partial charge in [0.05, 0.1) is 24.0 Å². The molecule has 3 aromatic rings. The normalized spacial score (nSPS) is 10.4. The van der Waals surface area contributed by atoms with Crippen molar-refractivity contribution in [1.29, 1.82) is 0 Å². The van der Waals surface area contributed by atoms with E-state index in [1.807, 2.05) is 48.5 Å². The van der Waals surface area contributed by atoms with Crippen molar-refractivity contribution in [2.45, 2.75) is 0 Å². The van der Waals surface area contributed by atoms with Crippen LogP contribution in [-0.4, -0.2) is 12.1 Å². The van der Waals surface area contributed by atoms with Gasteiger partial charge in [-0.1, -0.05) is 6.07 Å². The Morgan fingerprint density at radius 2 is 2.00 bits per heavy atom. The van der Waals surface area contributed by atoms with Crippen LogP contribution in [0.25, 0.3) is 10.9 Å². The molecule has 2 aromatic carbocycles. The molecule has 0 saturated heterocycles. The third kappa shape index (κ3) is 2.23. The summed E-state index contributed by atoms with van der Waals surface area (Å²) in [6, 6.07) is 15.5. The monoisotopic (exact) mass is 265 g/mol. The Hall–Kier alpha value is -2.75. The van der Waals surface area contributed by atoms with E-state index in [2.05, 4.69) is 10.3 Å². The number of benzene rings is 2. The number of rotatable bonds is 3. The van der Waals surface area contributed by atoms with E-state index in [0.29, 0.717) is 5.69 Å². The van der Waals surface area contributed by atoms with Gasteiger partial charge in [-0.15, -0.1) is 0 Å². The van der Waals surface area contributed by atoms with Crippen molar-refractivity contribution in [3.05, 3.63) is 54.7 Å². The van der Waals surface area contributed by atoms with Crippen LogP contribution in [0.2, 0.25) is 0 Å². The Morgan fingerprint density at radius 3 is 2.85 bits per heavy atom. The molecular weight excluding hydrogens is 250 g/mol. The lowest BCUT2D eigenvalue weighted by Crippen LogP contribution is -1.98. The molecule has 0 spiro atoms. The molecule has 0 saturated carbocycles. The number of aromatic nitrogens is 1. The lowest BCUT2D eigenvalue weighted by atomic mass is 10.1. The highest BCUT2D eigenvalue weighted by Crippen LogP contribution is 2.30. The molecule has 0 atom stereocenters. The van der Waals surface area contributed by atoms with Gasteiger partial charge < -0.3 is 15.8 Å². The van der Waals surface area contributed by atoms with Crippen LogP contribution in [0.4, 0.5) is 17.1 Å². The van der Waals surface area contributed by atoms with Gasteiger partial charge in [0.1, 0.15) is 5.75 Å². The molecule has 0 aliphatic carbocycles. The molecule has 0 radical (unpaired) electrons. The fraction of sp³-hybridized carbons (Fsp3) is 0.0625. The van der Waals surface area contributed by atoms with E-state index in [1.54, 1.807) is 13.3 Å². The zero-order valence-corrected chi connectivity index (χ0v) is 11.1. The van der Waals surface area contributed by atoms with Crippen LogP contribution in [0.15, 0.2) is 54.7 Å². The first-order valence-corrected chi connectivity index (χ1v) is 6.32. The fourth-order valence-electron chi connectivity index (χ4n) is 2.14. The summed E-state index contributed by atoms with van der Waals surface area (Å²) in [5, 5.41) is 4.25. The molecule has 0 unspecified atom stereocenters. The number of hydrogen-bond donors (Lipinski definition) is 2. The number of methoxy groups -OCH3 is 1. The number of nitrogens with one attached hydrogen (secondary N) is 1. The van der Waals surface area contributed by atoms with Crippen molar-refractivity contribution in [2.75, 3.05) is 18.2 Å². The number of nitrogens with zero attached hydrogens (tertiary/aromatic N) is 1. The maximum atomic E-state index is 6.20. The Morgan fingerprint density at radius 1 is 1.10 bits per heavy atom. The molecule has 0 amide bonds. The summed E-state index contributed by atoms with van der Waals surface area (Å²) in [7, 11) is 1.65. The summed E-state index contributed by atoms with van der Waals surface area (Å²) < 4.78 is 5.21. The van der Waals surface area contributed by atoms with Gasteiger partial charge in [-0.05, 0) is 36.4 Å². The number of hydrogen-bond acceptors (Lipinski definition) is 4. The van der Waals surface area contributed by atoms with E-state index in [1.165, 1.54) is 0 Å². The van der Waals surface area contributed by atoms with Crippen LogP contribution >= 0.6 is 0 Å². The van der Waals surface area contributed by atoms with Gasteiger partial charge in [0, 0.05) is 23.3 Å². The van der Waals surface area contributed by atoms with Crippen molar-refractivity contribution in [3.8, 4) is 5.75 Å². The molecule has 20 heavy (non-hydrogen) atoms. The van der Waals surface area contributed by atoms with Gasteiger partial charge in [-0.2, -0.15) is 0 Å². The van der Waals surface area contributed by atoms with E-state index in [9.17, 15) is 0 Å². The molecular formula is C16H15N3O. The molecule has 3 rings (SSSR count). The average molecular weight is 265 g/mol. The van der Waals surface area contributed by atoms with Gasteiger partial charge in [-0.25, -0.2) is 0 Å². The van der Waals surface area contributed by atoms with Crippen molar-refractivity contribution >= 4 is 28.0 Å². The summed E-state index contributed by atoms with van der Waals surface area (Å²) in [6.07, 6.45) is 1.76. The van der Waals surface area contributed by atoms with Gasteiger partial charge in [-0.3, -0.25) is 4.98 Å². The summed E-state index contributed by atoms with van der Waals surface area (Å²) in [5.41, 5.74) is 9.58. The summed E-state index contributed by atoms with van der Waals surface area (Å²) in [6.45, 7) is 0. The second kappa shape index (κ2) is 5.09. The van der Waals surface area contributed by atoms with E-state index in [0.717, 1.165) is 28.0 Å². The number of pyridine rings is 1. The van der Waals surface area contributed by atoms with E-state index >= 15 is 0 Å².